The van der Waals surface area contributed by atoms with Gasteiger partial charge in [-0.3, -0.25) is 14.3 Å². The van der Waals surface area contributed by atoms with Crippen molar-refractivity contribution in [3.8, 4) is 0 Å². The highest BCUT2D eigenvalue weighted by molar-refractivity contribution is 7.48. The molecule has 0 radical (unpaired) electrons. The van der Waals surface area contributed by atoms with Crippen molar-refractivity contribution in [2.45, 2.75) is 31.3 Å². The van der Waals surface area contributed by atoms with Crippen molar-refractivity contribution in [1.29, 1.82) is 0 Å². The predicted octanol–water partition coefficient (Wildman–Crippen LogP) is 1.27. The van der Waals surface area contributed by atoms with Gasteiger partial charge in [-0.2, -0.15) is 0 Å². The summed E-state index contributed by atoms with van der Waals surface area (Å²) in [7, 11) is -2.47. The van der Waals surface area contributed by atoms with Gasteiger partial charge in [-0.1, -0.05) is 6.92 Å². The van der Waals surface area contributed by atoms with Gasteiger partial charge in [-0.25, -0.2) is 27.6 Å². The third-order valence-corrected chi connectivity index (χ3v) is 6.05. The quantitative estimate of drug-likeness (QED) is 0.181. The molecule has 0 aromatic heterocycles. The molecule has 0 bridgehead atoms. The number of hydrogen-bond donors (Lipinski definition) is 1. The fraction of sp³-hybridized carbons (Fsp3) is 0.750. The molecule has 2 fully saturated rings. The third-order valence-electron chi connectivity index (χ3n) is 4.72. The zero-order chi connectivity index (χ0) is 23.9. The van der Waals surface area contributed by atoms with Gasteiger partial charge in [0, 0.05) is 18.1 Å². The second kappa shape index (κ2) is 11.0. The Morgan fingerprint density at radius 1 is 1.16 bits per heavy atom. The molecule has 16 heteroatoms. The van der Waals surface area contributed by atoms with Gasteiger partial charge < -0.3 is 29.4 Å². The minimum Gasteiger partial charge on any atom is -0.438 e. The summed E-state index contributed by atoms with van der Waals surface area (Å²) >= 11 is 0. The van der Waals surface area contributed by atoms with Crippen LogP contribution in [0.5, 0.6) is 0 Å². The number of carbonyl (C=O) groups is 3. The van der Waals surface area contributed by atoms with Gasteiger partial charge in [-0.05, 0) is 0 Å². The molecule has 1 heterocycles. The Balaban J connectivity index is 2.04. The number of methoxy groups -OCH3 is 2. The van der Waals surface area contributed by atoms with Crippen LogP contribution in [0.25, 0.3) is 0 Å². The Hall–Kier alpha value is -2.32. The summed E-state index contributed by atoms with van der Waals surface area (Å²) in [5, 5.41) is 0. The molecule has 2 aliphatic rings. The lowest BCUT2D eigenvalue weighted by molar-refractivity contribution is -0.116. The van der Waals surface area contributed by atoms with Crippen molar-refractivity contribution in [2.75, 3.05) is 34.5 Å². The van der Waals surface area contributed by atoms with Crippen LogP contribution in [0.15, 0.2) is 4.99 Å². The van der Waals surface area contributed by atoms with Crippen molar-refractivity contribution < 1.29 is 60.6 Å². The highest BCUT2D eigenvalue weighted by Gasteiger charge is 2.77. The largest absolute Gasteiger partial charge is 0.510 e. The predicted molar refractivity (Wildman–Crippen MR) is 99.9 cm³/mol. The summed E-state index contributed by atoms with van der Waals surface area (Å²) in [6.07, 6.45) is -2.98. The number of alkyl halides is 1. The minimum absolute atomic E-state index is 0.114. The lowest BCUT2D eigenvalue weighted by Crippen LogP contribution is -2.28. The molecule has 0 spiro atoms. The van der Waals surface area contributed by atoms with E-state index < -0.39 is 76.1 Å². The second-order valence-corrected chi connectivity index (χ2v) is 8.27. The molecule has 182 valence electrons. The molecule has 5 atom stereocenters. The molecule has 0 aromatic carbocycles. The van der Waals surface area contributed by atoms with Crippen molar-refractivity contribution in [3.63, 3.8) is 0 Å². The maximum atomic E-state index is 13.9. The van der Waals surface area contributed by atoms with Crippen molar-refractivity contribution in [1.82, 2.24) is 0 Å². The summed E-state index contributed by atoms with van der Waals surface area (Å²) in [5.41, 5.74) is 3.56. The molecule has 1 saturated heterocycles. The van der Waals surface area contributed by atoms with E-state index >= 15 is 0 Å². The zero-order valence-corrected chi connectivity index (χ0v) is 18.4. The van der Waals surface area contributed by atoms with Gasteiger partial charge in [-0.15, -0.1) is 0 Å². The molecular weight excluding hydrogens is 462 g/mol. The molecular formula is C16H24FN2O12P. The fourth-order valence-corrected chi connectivity index (χ4v) is 4.33. The number of amides is 1. The molecule has 1 saturated carbocycles. The van der Waals surface area contributed by atoms with Crippen molar-refractivity contribution in [2.24, 2.45) is 22.6 Å². The number of nitrogens with two attached hydrogens (primary N) is 1. The van der Waals surface area contributed by atoms with Crippen LogP contribution in [0.4, 0.5) is 14.0 Å². The fourth-order valence-electron chi connectivity index (χ4n) is 3.18. The first-order chi connectivity index (χ1) is 15.1. The Morgan fingerprint density at radius 3 is 2.16 bits per heavy atom. The van der Waals surface area contributed by atoms with Crippen LogP contribution in [-0.2, 0) is 46.6 Å². The van der Waals surface area contributed by atoms with E-state index in [0.29, 0.717) is 0 Å². The third kappa shape index (κ3) is 6.13. The topological polar surface area (TPSA) is 180 Å². The number of halogens is 1. The van der Waals surface area contributed by atoms with E-state index in [-0.39, 0.29) is 6.42 Å². The van der Waals surface area contributed by atoms with Crippen LogP contribution in [0.3, 0.4) is 0 Å². The van der Waals surface area contributed by atoms with Gasteiger partial charge in [0.25, 0.3) is 0 Å². The number of nitrogens with zero attached hydrogens (tertiary/aromatic N) is 1. The number of ether oxygens (including phenoxy) is 5. The summed E-state index contributed by atoms with van der Waals surface area (Å²) in [6, 6.07) is 0. The van der Waals surface area contributed by atoms with E-state index in [2.05, 4.69) is 23.9 Å². The van der Waals surface area contributed by atoms with Crippen molar-refractivity contribution in [3.05, 3.63) is 0 Å². The number of phosphoric acid groups is 1. The number of phosphoric ester groups is 1. The normalized spacial score (nSPS) is 28.8. The van der Waals surface area contributed by atoms with E-state index in [9.17, 15) is 23.3 Å². The summed E-state index contributed by atoms with van der Waals surface area (Å²) in [4.78, 5) is 37.0. The van der Waals surface area contributed by atoms with Crippen LogP contribution in [0.2, 0.25) is 0 Å². The minimum atomic E-state index is -4.55. The van der Waals surface area contributed by atoms with Crippen LogP contribution in [-0.4, -0.2) is 76.8 Å². The average Bonchev–Trinajstić information content (AvgIpc) is 3.25. The highest BCUT2D eigenvalue weighted by atomic mass is 31.2. The number of aliphatic imine (C=N–C) groups is 1. The molecule has 1 amide bonds. The zero-order valence-electron chi connectivity index (χ0n) is 17.5. The Kier molecular flexibility index (Phi) is 8.92. The maximum absolute atomic E-state index is 13.9. The molecule has 2 N–H and O–H groups in total. The van der Waals surface area contributed by atoms with Gasteiger partial charge in [0.1, 0.15) is 18.4 Å². The van der Waals surface area contributed by atoms with Crippen LogP contribution in [0.1, 0.15) is 13.3 Å². The lowest BCUT2D eigenvalue weighted by Gasteiger charge is -2.23. The Labute approximate surface area is 182 Å². The standard InChI is InChI=1S/C16H24FN2O12P/c1-9-11-12(16(11,6-17)30-13(9)19-5-4-10(18)20)31-32(23,28-7-26-14(21)24-2)29-8-27-15(22)25-3/h5,9,11-13H,4,6-8H2,1-3H3,(H2,18,20). The number of primary amides is 1. The molecule has 32 heavy (non-hydrogen) atoms. The lowest BCUT2D eigenvalue weighted by atomic mass is 10.1. The maximum Gasteiger partial charge on any atom is 0.510 e. The number of rotatable bonds is 12. The first-order valence-corrected chi connectivity index (χ1v) is 10.6. The summed E-state index contributed by atoms with van der Waals surface area (Å²) in [5.74, 6) is -1.58. The molecule has 2 rings (SSSR count). The van der Waals surface area contributed by atoms with E-state index in [0.717, 1.165) is 14.2 Å². The first-order valence-electron chi connectivity index (χ1n) is 9.15. The first kappa shape index (κ1) is 25.9. The summed E-state index contributed by atoms with van der Waals surface area (Å²) < 4.78 is 65.0. The van der Waals surface area contributed by atoms with Gasteiger partial charge in [0.05, 0.1) is 20.6 Å². The number of carbonyl (C=O) groups excluding carboxylic acids is 3. The van der Waals surface area contributed by atoms with Crippen LogP contribution in [0, 0.1) is 11.8 Å². The number of fused-ring (bicyclic) bond motifs is 1. The molecule has 1 aliphatic carbocycles. The van der Waals surface area contributed by atoms with Crippen LogP contribution >= 0.6 is 7.82 Å². The second-order valence-electron chi connectivity index (χ2n) is 6.65. The van der Waals surface area contributed by atoms with E-state index in [1.165, 1.54) is 6.21 Å². The van der Waals surface area contributed by atoms with Gasteiger partial charge in [0.15, 0.2) is 6.23 Å². The SMILES string of the molecule is COC(=O)OCOP(=O)(OCOC(=O)OC)OC1C2C(C)C(N=CCC(N)=O)OC12CF. The molecule has 5 unspecified atom stereocenters. The highest BCUT2D eigenvalue weighted by Crippen LogP contribution is 2.66. The molecule has 14 nitrogen and oxygen atoms in total. The van der Waals surface area contributed by atoms with E-state index in [1.807, 2.05) is 0 Å². The van der Waals surface area contributed by atoms with E-state index in [1.54, 1.807) is 6.92 Å². The summed E-state index contributed by atoms with van der Waals surface area (Å²) in [6.45, 7) is -1.12. The monoisotopic (exact) mass is 486 g/mol. The average molecular weight is 486 g/mol. The Bertz CT molecular complexity index is 756. The molecule has 1 aliphatic heterocycles. The van der Waals surface area contributed by atoms with E-state index in [4.69, 9.17) is 24.0 Å². The van der Waals surface area contributed by atoms with Crippen molar-refractivity contribution >= 4 is 32.3 Å². The van der Waals surface area contributed by atoms with Crippen LogP contribution < -0.4 is 5.73 Å². The number of hydrogen-bond acceptors (Lipinski definition) is 13. The van der Waals surface area contributed by atoms with Gasteiger partial charge >= 0.3 is 20.1 Å². The Morgan fingerprint density at radius 2 is 1.72 bits per heavy atom. The smallest absolute Gasteiger partial charge is 0.438 e. The molecule has 0 aromatic rings. The van der Waals surface area contributed by atoms with Gasteiger partial charge in [0.2, 0.25) is 19.5 Å².